The lowest BCUT2D eigenvalue weighted by atomic mass is 9.99. The second-order valence-corrected chi connectivity index (χ2v) is 3.58. The standard InChI is InChI=1S/C12H12O3/c13-10-6-7-15-11(8-10)12(14)9-4-2-1-3-5-9/h1-5,11H,6-8H2/t11-/m1/s1. The maximum atomic E-state index is 11.9. The van der Waals surface area contributed by atoms with Crippen LogP contribution in [0, 0.1) is 0 Å². The lowest BCUT2D eigenvalue weighted by Crippen LogP contribution is -2.32. The monoisotopic (exact) mass is 204 g/mol. The van der Waals surface area contributed by atoms with Gasteiger partial charge in [0.1, 0.15) is 11.9 Å². The van der Waals surface area contributed by atoms with E-state index in [1.54, 1.807) is 24.3 Å². The van der Waals surface area contributed by atoms with Crippen molar-refractivity contribution in [1.29, 1.82) is 0 Å². The van der Waals surface area contributed by atoms with E-state index in [2.05, 4.69) is 0 Å². The third kappa shape index (κ3) is 2.30. The van der Waals surface area contributed by atoms with Gasteiger partial charge in [0.25, 0.3) is 0 Å². The third-order valence-corrected chi connectivity index (χ3v) is 2.46. The molecule has 1 aliphatic rings. The van der Waals surface area contributed by atoms with Gasteiger partial charge in [0.2, 0.25) is 0 Å². The normalized spacial score (nSPS) is 21.3. The molecule has 0 amide bonds. The van der Waals surface area contributed by atoms with Crippen LogP contribution in [0.3, 0.4) is 0 Å². The van der Waals surface area contributed by atoms with Crippen molar-refractivity contribution in [3.63, 3.8) is 0 Å². The van der Waals surface area contributed by atoms with Crippen molar-refractivity contribution >= 4 is 11.6 Å². The van der Waals surface area contributed by atoms with E-state index in [0.717, 1.165) is 0 Å². The molecule has 1 heterocycles. The molecule has 78 valence electrons. The van der Waals surface area contributed by atoms with Gasteiger partial charge in [-0.1, -0.05) is 30.3 Å². The number of ether oxygens (including phenoxy) is 1. The van der Waals surface area contributed by atoms with Crippen LogP contribution in [0.1, 0.15) is 23.2 Å². The maximum Gasteiger partial charge on any atom is 0.191 e. The lowest BCUT2D eigenvalue weighted by Gasteiger charge is -2.20. The lowest BCUT2D eigenvalue weighted by molar-refractivity contribution is -0.126. The molecule has 1 aromatic carbocycles. The zero-order valence-corrected chi connectivity index (χ0v) is 8.31. The molecule has 0 bridgehead atoms. The van der Waals surface area contributed by atoms with Crippen LogP contribution >= 0.6 is 0 Å². The van der Waals surface area contributed by atoms with Crippen LogP contribution in [0.15, 0.2) is 30.3 Å². The average molecular weight is 204 g/mol. The van der Waals surface area contributed by atoms with Gasteiger partial charge in [0.15, 0.2) is 5.78 Å². The van der Waals surface area contributed by atoms with Crippen molar-refractivity contribution in [3.05, 3.63) is 35.9 Å². The van der Waals surface area contributed by atoms with Gasteiger partial charge in [0, 0.05) is 18.4 Å². The number of hydrogen-bond acceptors (Lipinski definition) is 3. The Hall–Kier alpha value is -1.48. The van der Waals surface area contributed by atoms with Gasteiger partial charge in [-0.25, -0.2) is 0 Å². The van der Waals surface area contributed by atoms with Gasteiger partial charge in [-0.05, 0) is 0 Å². The fourth-order valence-electron chi connectivity index (χ4n) is 1.64. The fourth-order valence-corrected chi connectivity index (χ4v) is 1.64. The maximum absolute atomic E-state index is 11.9. The molecule has 3 heteroatoms. The first-order valence-corrected chi connectivity index (χ1v) is 5.00. The largest absolute Gasteiger partial charge is 0.369 e. The first kappa shape index (κ1) is 10.1. The summed E-state index contributed by atoms with van der Waals surface area (Å²) >= 11 is 0. The van der Waals surface area contributed by atoms with E-state index in [-0.39, 0.29) is 18.0 Å². The molecule has 0 aromatic heterocycles. The summed E-state index contributed by atoms with van der Waals surface area (Å²) in [6.07, 6.45) is 0.0698. The van der Waals surface area contributed by atoms with Gasteiger partial charge in [-0.15, -0.1) is 0 Å². The number of Topliss-reactive ketones (excluding diaryl/α,β-unsaturated/α-hetero) is 2. The van der Waals surface area contributed by atoms with Gasteiger partial charge >= 0.3 is 0 Å². The fraction of sp³-hybridized carbons (Fsp3) is 0.333. The summed E-state index contributed by atoms with van der Waals surface area (Å²) in [5.41, 5.74) is 0.609. The van der Waals surface area contributed by atoms with Crippen molar-refractivity contribution in [3.8, 4) is 0 Å². The van der Waals surface area contributed by atoms with Crippen LogP contribution in [-0.2, 0) is 9.53 Å². The Morgan fingerprint density at radius 3 is 2.67 bits per heavy atom. The van der Waals surface area contributed by atoms with Crippen molar-refractivity contribution in [2.75, 3.05) is 6.61 Å². The average Bonchev–Trinajstić information content (AvgIpc) is 2.29. The first-order valence-electron chi connectivity index (χ1n) is 5.00. The highest BCUT2D eigenvalue weighted by molar-refractivity contribution is 6.02. The van der Waals surface area contributed by atoms with Gasteiger partial charge in [0.05, 0.1) is 6.61 Å². The Morgan fingerprint density at radius 1 is 1.27 bits per heavy atom. The molecule has 0 spiro atoms. The van der Waals surface area contributed by atoms with E-state index in [9.17, 15) is 9.59 Å². The number of benzene rings is 1. The van der Waals surface area contributed by atoms with Gasteiger partial charge < -0.3 is 4.74 Å². The third-order valence-electron chi connectivity index (χ3n) is 2.46. The van der Waals surface area contributed by atoms with Crippen LogP contribution in [-0.4, -0.2) is 24.3 Å². The second-order valence-electron chi connectivity index (χ2n) is 3.58. The summed E-state index contributed by atoms with van der Waals surface area (Å²) in [5.74, 6) is 0.0131. The van der Waals surface area contributed by atoms with E-state index >= 15 is 0 Å². The van der Waals surface area contributed by atoms with Crippen LogP contribution in [0.2, 0.25) is 0 Å². The molecule has 15 heavy (non-hydrogen) atoms. The molecule has 1 fully saturated rings. The number of carbonyl (C=O) groups excluding carboxylic acids is 2. The van der Waals surface area contributed by atoms with Crippen LogP contribution in [0.5, 0.6) is 0 Å². The Kier molecular flexibility index (Phi) is 2.92. The number of ketones is 2. The van der Waals surface area contributed by atoms with E-state index in [1.807, 2.05) is 6.07 Å². The zero-order chi connectivity index (χ0) is 10.7. The predicted molar refractivity (Wildman–Crippen MR) is 54.8 cm³/mol. The summed E-state index contributed by atoms with van der Waals surface area (Å²) < 4.78 is 5.29. The van der Waals surface area contributed by atoms with E-state index in [4.69, 9.17) is 4.74 Å². The molecule has 0 N–H and O–H groups in total. The molecule has 1 atom stereocenters. The molecule has 1 aromatic rings. The first-order chi connectivity index (χ1) is 7.27. The summed E-state index contributed by atoms with van der Waals surface area (Å²) in [6, 6.07) is 8.94. The molecule has 1 saturated heterocycles. The molecule has 1 aliphatic heterocycles. The van der Waals surface area contributed by atoms with Crippen molar-refractivity contribution in [2.24, 2.45) is 0 Å². The highest BCUT2D eigenvalue weighted by atomic mass is 16.5. The predicted octanol–water partition coefficient (Wildman–Crippen LogP) is 1.62. The molecular weight excluding hydrogens is 192 g/mol. The van der Waals surface area contributed by atoms with Crippen molar-refractivity contribution in [1.82, 2.24) is 0 Å². The molecule has 0 aliphatic carbocycles. The van der Waals surface area contributed by atoms with E-state index in [0.29, 0.717) is 18.6 Å². The molecule has 0 saturated carbocycles. The summed E-state index contributed by atoms with van der Waals surface area (Å²) in [6.45, 7) is 0.363. The number of carbonyl (C=O) groups is 2. The molecule has 0 radical (unpaired) electrons. The van der Waals surface area contributed by atoms with E-state index in [1.165, 1.54) is 0 Å². The topological polar surface area (TPSA) is 43.4 Å². The minimum Gasteiger partial charge on any atom is -0.369 e. The molecule has 2 rings (SSSR count). The zero-order valence-electron chi connectivity index (χ0n) is 8.31. The smallest absolute Gasteiger partial charge is 0.191 e. The number of rotatable bonds is 2. The summed E-state index contributed by atoms with van der Waals surface area (Å²) in [4.78, 5) is 23.0. The Morgan fingerprint density at radius 2 is 2.00 bits per heavy atom. The highest BCUT2D eigenvalue weighted by Crippen LogP contribution is 2.15. The SMILES string of the molecule is O=C1CCO[C@@H](C(=O)c2ccccc2)C1. The molecular formula is C12H12O3. The quantitative estimate of drug-likeness (QED) is 0.687. The van der Waals surface area contributed by atoms with Gasteiger partial charge in [-0.3, -0.25) is 9.59 Å². The Balaban J connectivity index is 2.11. The minimum absolute atomic E-state index is 0.0938. The van der Waals surface area contributed by atoms with Crippen molar-refractivity contribution in [2.45, 2.75) is 18.9 Å². The Bertz CT molecular complexity index is 370. The minimum atomic E-state index is -0.575. The van der Waals surface area contributed by atoms with Crippen LogP contribution in [0.25, 0.3) is 0 Å². The van der Waals surface area contributed by atoms with Crippen LogP contribution in [0.4, 0.5) is 0 Å². The summed E-state index contributed by atoms with van der Waals surface area (Å²) in [5, 5.41) is 0. The van der Waals surface area contributed by atoms with Crippen molar-refractivity contribution < 1.29 is 14.3 Å². The van der Waals surface area contributed by atoms with Gasteiger partial charge in [-0.2, -0.15) is 0 Å². The summed E-state index contributed by atoms with van der Waals surface area (Å²) in [7, 11) is 0. The Labute approximate surface area is 88.1 Å². The number of hydrogen-bond donors (Lipinski definition) is 0. The second kappa shape index (κ2) is 4.36. The molecule has 0 unspecified atom stereocenters. The highest BCUT2D eigenvalue weighted by Gasteiger charge is 2.27. The molecule has 3 nitrogen and oxygen atoms in total. The van der Waals surface area contributed by atoms with Crippen LogP contribution < -0.4 is 0 Å². The van der Waals surface area contributed by atoms with E-state index < -0.39 is 6.10 Å².